The van der Waals surface area contributed by atoms with E-state index in [4.69, 9.17) is 10.8 Å². The largest absolute Gasteiger partial charge is 0.384 e. The molecule has 2 aromatic rings. The molecule has 22 heavy (non-hydrogen) atoms. The third-order valence-corrected chi connectivity index (χ3v) is 4.72. The Balaban J connectivity index is 1.82. The Labute approximate surface area is 132 Å². The predicted octanol–water partition coefficient (Wildman–Crippen LogP) is 3.53. The highest BCUT2D eigenvalue weighted by Gasteiger charge is 2.22. The molecule has 118 valence electrons. The summed E-state index contributed by atoms with van der Waals surface area (Å²) in [7, 11) is 0. The molecule has 1 atom stereocenters. The summed E-state index contributed by atoms with van der Waals surface area (Å²) in [4.78, 5) is 2.56. The number of benzene rings is 1. The Morgan fingerprint density at radius 3 is 2.86 bits per heavy atom. The molecule has 1 aliphatic heterocycles. The highest BCUT2D eigenvalue weighted by Crippen LogP contribution is 2.23. The van der Waals surface area contributed by atoms with Crippen molar-refractivity contribution in [1.29, 1.82) is 0 Å². The number of hydrogen-bond donors (Lipinski definition) is 1. The van der Waals surface area contributed by atoms with Crippen LogP contribution in [0.2, 0.25) is 0 Å². The number of rotatable bonds is 4. The molecule has 1 aromatic heterocycles. The summed E-state index contributed by atoms with van der Waals surface area (Å²) in [6.45, 7) is 6.45. The second-order valence-corrected chi connectivity index (χ2v) is 6.29. The van der Waals surface area contributed by atoms with E-state index in [-0.39, 0.29) is 0 Å². The van der Waals surface area contributed by atoms with Crippen molar-refractivity contribution in [2.75, 3.05) is 12.3 Å². The second-order valence-electron chi connectivity index (χ2n) is 6.29. The van der Waals surface area contributed by atoms with E-state index in [0.717, 1.165) is 17.9 Å². The maximum absolute atomic E-state index is 6.20. The van der Waals surface area contributed by atoms with Gasteiger partial charge >= 0.3 is 0 Å². The average Bonchev–Trinajstić information content (AvgIpc) is 2.89. The fourth-order valence-corrected chi connectivity index (χ4v) is 3.46. The van der Waals surface area contributed by atoms with Gasteiger partial charge in [0, 0.05) is 18.7 Å². The molecule has 1 fully saturated rings. The molecule has 0 bridgehead atoms. The number of hydrogen-bond acceptors (Lipinski definition) is 3. The molecule has 1 aromatic carbocycles. The van der Waals surface area contributed by atoms with Crippen LogP contribution in [-0.2, 0) is 6.54 Å². The summed E-state index contributed by atoms with van der Waals surface area (Å²) in [6, 6.07) is 10.9. The molecule has 4 heteroatoms. The van der Waals surface area contributed by atoms with Crippen molar-refractivity contribution in [1.82, 2.24) is 14.7 Å². The summed E-state index contributed by atoms with van der Waals surface area (Å²) >= 11 is 0. The first-order valence-corrected chi connectivity index (χ1v) is 8.33. The minimum Gasteiger partial charge on any atom is -0.384 e. The highest BCUT2D eigenvalue weighted by molar-refractivity contribution is 5.47. The fraction of sp³-hybridized carbons (Fsp3) is 0.500. The van der Waals surface area contributed by atoms with Crippen molar-refractivity contribution in [3.8, 4) is 5.69 Å². The Morgan fingerprint density at radius 1 is 1.27 bits per heavy atom. The van der Waals surface area contributed by atoms with E-state index in [1.165, 1.54) is 37.8 Å². The smallest absolute Gasteiger partial charge is 0.127 e. The van der Waals surface area contributed by atoms with E-state index in [1.54, 1.807) is 0 Å². The molecule has 1 aliphatic rings. The van der Waals surface area contributed by atoms with Gasteiger partial charge in [0.15, 0.2) is 0 Å². The lowest BCUT2D eigenvalue weighted by Gasteiger charge is -2.34. The first-order valence-electron chi connectivity index (χ1n) is 8.33. The number of likely N-dealkylation sites (tertiary alicyclic amines) is 1. The van der Waals surface area contributed by atoms with Gasteiger partial charge < -0.3 is 5.73 Å². The van der Waals surface area contributed by atoms with Crippen LogP contribution >= 0.6 is 0 Å². The SMILES string of the molecule is CCC1CCCCN1Cc1cc(N)n(-c2ccccc2C)n1. The monoisotopic (exact) mass is 298 g/mol. The lowest BCUT2D eigenvalue weighted by atomic mass is 10.00. The molecule has 0 radical (unpaired) electrons. The van der Waals surface area contributed by atoms with Crippen LogP contribution in [0.5, 0.6) is 0 Å². The van der Waals surface area contributed by atoms with Crippen molar-refractivity contribution in [3.05, 3.63) is 41.6 Å². The first-order chi connectivity index (χ1) is 10.7. The number of nitrogens with two attached hydrogens (primary N) is 1. The highest BCUT2D eigenvalue weighted by atomic mass is 15.3. The van der Waals surface area contributed by atoms with Crippen LogP contribution in [0.3, 0.4) is 0 Å². The molecular weight excluding hydrogens is 272 g/mol. The van der Waals surface area contributed by atoms with Crippen LogP contribution in [0, 0.1) is 6.92 Å². The van der Waals surface area contributed by atoms with Crippen molar-refractivity contribution in [2.45, 2.75) is 52.1 Å². The molecule has 1 saturated heterocycles. The van der Waals surface area contributed by atoms with Gasteiger partial charge in [0.1, 0.15) is 5.82 Å². The minimum atomic E-state index is 0.693. The lowest BCUT2D eigenvalue weighted by molar-refractivity contribution is 0.134. The van der Waals surface area contributed by atoms with Gasteiger partial charge in [-0.3, -0.25) is 4.90 Å². The van der Waals surface area contributed by atoms with E-state index in [9.17, 15) is 0 Å². The lowest BCUT2D eigenvalue weighted by Crippen LogP contribution is -2.38. The minimum absolute atomic E-state index is 0.693. The van der Waals surface area contributed by atoms with Crippen LogP contribution in [-0.4, -0.2) is 27.3 Å². The molecule has 3 rings (SSSR count). The molecular formula is C18H26N4. The zero-order valence-electron chi connectivity index (χ0n) is 13.6. The van der Waals surface area contributed by atoms with Gasteiger partial charge in [0.05, 0.1) is 11.4 Å². The van der Waals surface area contributed by atoms with Crippen molar-refractivity contribution in [3.63, 3.8) is 0 Å². The number of aromatic nitrogens is 2. The van der Waals surface area contributed by atoms with Crippen LogP contribution in [0.25, 0.3) is 5.69 Å². The maximum atomic E-state index is 6.20. The molecule has 2 heterocycles. The third-order valence-electron chi connectivity index (χ3n) is 4.72. The summed E-state index contributed by atoms with van der Waals surface area (Å²) in [5.74, 6) is 0.717. The quantitative estimate of drug-likeness (QED) is 0.939. The van der Waals surface area contributed by atoms with Crippen molar-refractivity contribution < 1.29 is 0 Å². The number of anilines is 1. The van der Waals surface area contributed by atoms with Crippen molar-refractivity contribution >= 4 is 5.82 Å². The molecule has 0 amide bonds. The Morgan fingerprint density at radius 2 is 2.09 bits per heavy atom. The van der Waals surface area contributed by atoms with Gasteiger partial charge in [-0.15, -0.1) is 0 Å². The van der Waals surface area contributed by atoms with Crippen LogP contribution in [0.1, 0.15) is 43.9 Å². The van der Waals surface area contributed by atoms with Crippen molar-refractivity contribution in [2.24, 2.45) is 0 Å². The van der Waals surface area contributed by atoms with E-state index in [0.29, 0.717) is 11.9 Å². The molecule has 0 spiro atoms. The standard InChI is InChI=1S/C18H26N4/c1-3-16-9-6-7-11-21(16)13-15-12-18(19)22(20-15)17-10-5-4-8-14(17)2/h4-5,8,10,12,16H,3,6-7,9,11,13,19H2,1-2H3. The summed E-state index contributed by atoms with van der Waals surface area (Å²) in [5.41, 5.74) is 9.52. The summed E-state index contributed by atoms with van der Waals surface area (Å²) in [5, 5.41) is 4.75. The van der Waals surface area contributed by atoms with E-state index >= 15 is 0 Å². The number of piperidine rings is 1. The van der Waals surface area contributed by atoms with E-state index in [2.05, 4.69) is 30.9 Å². The maximum Gasteiger partial charge on any atom is 0.127 e. The van der Waals surface area contributed by atoms with Gasteiger partial charge in [-0.05, 0) is 44.4 Å². The van der Waals surface area contributed by atoms with Gasteiger partial charge in [-0.25, -0.2) is 4.68 Å². The molecule has 0 aliphatic carbocycles. The average molecular weight is 298 g/mol. The normalized spacial score (nSPS) is 19.5. The Kier molecular flexibility index (Phi) is 4.48. The number of aryl methyl sites for hydroxylation is 1. The second kappa shape index (κ2) is 6.53. The predicted molar refractivity (Wildman–Crippen MR) is 91.1 cm³/mol. The Bertz CT molecular complexity index is 632. The third kappa shape index (κ3) is 3.02. The van der Waals surface area contributed by atoms with E-state index in [1.807, 2.05) is 22.9 Å². The van der Waals surface area contributed by atoms with Gasteiger partial charge in [-0.2, -0.15) is 5.10 Å². The molecule has 4 nitrogen and oxygen atoms in total. The number of nitrogen functional groups attached to an aromatic ring is 1. The zero-order valence-corrected chi connectivity index (χ0v) is 13.6. The topological polar surface area (TPSA) is 47.1 Å². The van der Waals surface area contributed by atoms with Crippen LogP contribution < -0.4 is 5.73 Å². The van der Waals surface area contributed by atoms with Crippen LogP contribution in [0.15, 0.2) is 30.3 Å². The molecule has 1 unspecified atom stereocenters. The molecule has 0 saturated carbocycles. The summed E-state index contributed by atoms with van der Waals surface area (Å²) in [6.07, 6.45) is 5.18. The Hall–Kier alpha value is -1.81. The molecule has 2 N–H and O–H groups in total. The van der Waals surface area contributed by atoms with Crippen LogP contribution in [0.4, 0.5) is 5.82 Å². The first kappa shape index (κ1) is 15.1. The zero-order chi connectivity index (χ0) is 15.5. The fourth-order valence-electron chi connectivity index (χ4n) is 3.46. The van der Waals surface area contributed by atoms with E-state index < -0.39 is 0 Å². The van der Waals surface area contributed by atoms with Gasteiger partial charge in [0.2, 0.25) is 0 Å². The number of para-hydroxylation sites is 1. The van der Waals surface area contributed by atoms with Gasteiger partial charge in [0.25, 0.3) is 0 Å². The summed E-state index contributed by atoms with van der Waals surface area (Å²) < 4.78 is 1.87. The number of nitrogens with zero attached hydrogens (tertiary/aromatic N) is 3. The van der Waals surface area contributed by atoms with Gasteiger partial charge in [-0.1, -0.05) is 31.5 Å².